The van der Waals surface area contributed by atoms with Gasteiger partial charge in [0.1, 0.15) is 0 Å². The van der Waals surface area contributed by atoms with Crippen LogP contribution in [0.15, 0.2) is 0 Å². The van der Waals surface area contributed by atoms with Gasteiger partial charge in [-0.25, -0.2) is 0 Å². The van der Waals surface area contributed by atoms with Crippen LogP contribution in [0.25, 0.3) is 0 Å². The van der Waals surface area contributed by atoms with Crippen LogP contribution in [0.5, 0.6) is 0 Å². The quantitative estimate of drug-likeness (QED) is 0.728. The summed E-state index contributed by atoms with van der Waals surface area (Å²) in [7, 11) is 1.73. The molecule has 0 saturated carbocycles. The first-order chi connectivity index (χ1) is 6.15. The van der Waals surface area contributed by atoms with Crippen molar-refractivity contribution in [2.45, 2.75) is 40.2 Å². The van der Waals surface area contributed by atoms with E-state index in [1.54, 1.807) is 11.9 Å². The van der Waals surface area contributed by atoms with E-state index in [9.17, 15) is 4.79 Å². The minimum absolute atomic E-state index is 0.00127. The summed E-state index contributed by atoms with van der Waals surface area (Å²) >= 11 is 4.84. The van der Waals surface area contributed by atoms with E-state index < -0.39 is 0 Å². The van der Waals surface area contributed by atoms with Crippen molar-refractivity contribution in [1.82, 2.24) is 4.90 Å². The molecular weight excluding hydrogens is 196 g/mol. The van der Waals surface area contributed by atoms with Crippen LogP contribution in [-0.2, 0) is 4.79 Å². The highest BCUT2D eigenvalue weighted by atomic mass is 32.1. The summed E-state index contributed by atoms with van der Waals surface area (Å²) in [6, 6.07) is -0.167. The van der Waals surface area contributed by atoms with Crippen LogP contribution >= 0.6 is 12.2 Å². The van der Waals surface area contributed by atoms with Gasteiger partial charge in [-0.15, -0.1) is 0 Å². The van der Waals surface area contributed by atoms with Crippen molar-refractivity contribution in [3.8, 4) is 0 Å². The van der Waals surface area contributed by atoms with Crippen LogP contribution in [0.3, 0.4) is 0 Å². The Morgan fingerprint density at radius 3 is 2.21 bits per heavy atom. The number of rotatable bonds is 3. The number of nitrogens with zero attached hydrogens (tertiary/aromatic N) is 1. The molecule has 4 heteroatoms. The Bertz CT molecular complexity index is 233. The lowest BCUT2D eigenvalue weighted by Crippen LogP contribution is -2.43. The van der Waals surface area contributed by atoms with E-state index >= 15 is 0 Å². The number of thiocarbonyl (C=S) groups is 1. The van der Waals surface area contributed by atoms with Gasteiger partial charge in [-0.05, 0) is 12.3 Å². The lowest BCUT2D eigenvalue weighted by Gasteiger charge is -2.27. The van der Waals surface area contributed by atoms with Gasteiger partial charge in [-0.1, -0.05) is 33.0 Å². The summed E-state index contributed by atoms with van der Waals surface area (Å²) in [5.74, 6) is 0.0813. The lowest BCUT2D eigenvalue weighted by molar-refractivity contribution is -0.132. The standard InChI is InChI=1S/C10H20N2OS/c1-7(9(11)14)12(5)8(13)6-10(2,3)4/h7H,6H2,1-5H3,(H2,11,14). The van der Waals surface area contributed by atoms with Crippen LogP contribution in [0.4, 0.5) is 0 Å². The van der Waals surface area contributed by atoms with Crippen molar-refractivity contribution in [2.75, 3.05) is 7.05 Å². The van der Waals surface area contributed by atoms with Crippen molar-refractivity contribution in [3.05, 3.63) is 0 Å². The van der Waals surface area contributed by atoms with E-state index in [1.165, 1.54) is 0 Å². The van der Waals surface area contributed by atoms with E-state index in [4.69, 9.17) is 18.0 Å². The van der Waals surface area contributed by atoms with Crippen molar-refractivity contribution in [2.24, 2.45) is 11.1 Å². The summed E-state index contributed by atoms with van der Waals surface area (Å²) in [4.78, 5) is 13.7. The molecule has 0 aromatic heterocycles. The van der Waals surface area contributed by atoms with Gasteiger partial charge < -0.3 is 10.6 Å². The molecule has 0 bridgehead atoms. The Kier molecular flexibility index (Phi) is 4.52. The number of hydrogen-bond acceptors (Lipinski definition) is 2. The second-order valence-electron chi connectivity index (χ2n) is 4.82. The second kappa shape index (κ2) is 4.73. The maximum Gasteiger partial charge on any atom is 0.223 e. The molecule has 0 spiro atoms. The zero-order chi connectivity index (χ0) is 11.5. The molecule has 0 aliphatic rings. The van der Waals surface area contributed by atoms with Gasteiger partial charge in [0.25, 0.3) is 0 Å². The molecule has 0 aliphatic heterocycles. The molecule has 1 atom stereocenters. The molecule has 0 heterocycles. The molecule has 3 nitrogen and oxygen atoms in total. The molecule has 82 valence electrons. The fraction of sp³-hybridized carbons (Fsp3) is 0.800. The first-order valence-corrected chi connectivity index (χ1v) is 5.11. The minimum Gasteiger partial charge on any atom is -0.392 e. The highest BCUT2D eigenvalue weighted by Crippen LogP contribution is 2.19. The molecular formula is C10H20N2OS. The van der Waals surface area contributed by atoms with Crippen molar-refractivity contribution in [3.63, 3.8) is 0 Å². The zero-order valence-electron chi connectivity index (χ0n) is 9.63. The van der Waals surface area contributed by atoms with Crippen LogP contribution in [0.2, 0.25) is 0 Å². The summed E-state index contributed by atoms with van der Waals surface area (Å²) < 4.78 is 0. The Balaban J connectivity index is 4.33. The first-order valence-electron chi connectivity index (χ1n) is 4.70. The third-order valence-electron chi connectivity index (χ3n) is 2.07. The van der Waals surface area contributed by atoms with E-state index in [2.05, 4.69) is 0 Å². The summed E-state index contributed by atoms with van der Waals surface area (Å²) in [5.41, 5.74) is 5.48. The first kappa shape index (κ1) is 13.4. The predicted octanol–water partition coefficient (Wildman–Crippen LogP) is 1.56. The Labute approximate surface area is 91.6 Å². The number of carbonyl (C=O) groups is 1. The van der Waals surface area contributed by atoms with E-state index in [0.29, 0.717) is 11.4 Å². The Hall–Kier alpha value is -0.640. The Morgan fingerprint density at radius 1 is 1.50 bits per heavy atom. The second-order valence-corrected chi connectivity index (χ2v) is 5.29. The van der Waals surface area contributed by atoms with E-state index in [1.807, 2.05) is 27.7 Å². The van der Waals surface area contributed by atoms with Gasteiger partial charge in [0.05, 0.1) is 11.0 Å². The molecule has 0 saturated heterocycles. The van der Waals surface area contributed by atoms with Gasteiger partial charge in [0, 0.05) is 13.5 Å². The molecule has 0 radical (unpaired) electrons. The fourth-order valence-electron chi connectivity index (χ4n) is 0.985. The normalized spacial score (nSPS) is 13.5. The smallest absolute Gasteiger partial charge is 0.223 e. The zero-order valence-corrected chi connectivity index (χ0v) is 10.4. The highest BCUT2D eigenvalue weighted by molar-refractivity contribution is 7.80. The number of likely N-dealkylation sites (N-methyl/N-ethyl adjacent to an activating group) is 1. The molecule has 14 heavy (non-hydrogen) atoms. The van der Waals surface area contributed by atoms with Crippen LogP contribution in [-0.4, -0.2) is 28.9 Å². The monoisotopic (exact) mass is 216 g/mol. The average Bonchev–Trinajstić information content (AvgIpc) is 1.98. The SMILES string of the molecule is CC(C(N)=S)N(C)C(=O)CC(C)(C)C. The largest absolute Gasteiger partial charge is 0.392 e. The molecule has 2 N–H and O–H groups in total. The molecule has 0 aromatic rings. The predicted molar refractivity (Wildman–Crippen MR) is 63.1 cm³/mol. The van der Waals surface area contributed by atoms with Crippen molar-refractivity contribution < 1.29 is 4.79 Å². The van der Waals surface area contributed by atoms with E-state index in [0.717, 1.165) is 0 Å². The molecule has 0 aromatic carbocycles. The fourth-order valence-corrected chi connectivity index (χ4v) is 1.14. The maximum atomic E-state index is 11.7. The van der Waals surface area contributed by atoms with E-state index in [-0.39, 0.29) is 17.4 Å². The number of nitrogens with two attached hydrogens (primary N) is 1. The summed E-state index contributed by atoms with van der Waals surface area (Å²) in [6.07, 6.45) is 0.510. The molecule has 0 fully saturated rings. The van der Waals surface area contributed by atoms with Gasteiger partial charge in [0.2, 0.25) is 5.91 Å². The van der Waals surface area contributed by atoms with Crippen molar-refractivity contribution >= 4 is 23.1 Å². The number of amides is 1. The highest BCUT2D eigenvalue weighted by Gasteiger charge is 2.22. The number of hydrogen-bond donors (Lipinski definition) is 1. The van der Waals surface area contributed by atoms with Gasteiger partial charge >= 0.3 is 0 Å². The molecule has 1 unspecified atom stereocenters. The molecule has 1 amide bonds. The van der Waals surface area contributed by atoms with Gasteiger partial charge in [-0.3, -0.25) is 4.79 Å². The average molecular weight is 216 g/mol. The van der Waals surface area contributed by atoms with Crippen LogP contribution in [0.1, 0.15) is 34.1 Å². The van der Waals surface area contributed by atoms with Crippen LogP contribution in [0, 0.1) is 5.41 Å². The third-order valence-corrected chi connectivity index (χ3v) is 2.41. The van der Waals surface area contributed by atoms with Gasteiger partial charge in [0.15, 0.2) is 0 Å². The summed E-state index contributed by atoms with van der Waals surface area (Å²) in [6.45, 7) is 7.93. The number of carbonyl (C=O) groups excluding carboxylic acids is 1. The minimum atomic E-state index is -0.167. The maximum absolute atomic E-state index is 11.7. The van der Waals surface area contributed by atoms with Crippen LogP contribution < -0.4 is 5.73 Å². The third kappa shape index (κ3) is 4.56. The van der Waals surface area contributed by atoms with Gasteiger partial charge in [-0.2, -0.15) is 0 Å². The lowest BCUT2D eigenvalue weighted by atomic mass is 9.91. The molecule has 0 aliphatic carbocycles. The summed E-state index contributed by atoms with van der Waals surface area (Å²) in [5, 5.41) is 0. The Morgan fingerprint density at radius 2 is 1.93 bits per heavy atom. The topological polar surface area (TPSA) is 46.3 Å². The van der Waals surface area contributed by atoms with Crippen molar-refractivity contribution in [1.29, 1.82) is 0 Å². The molecule has 0 rings (SSSR count).